The fourth-order valence-corrected chi connectivity index (χ4v) is 3.38. The Kier molecular flexibility index (Phi) is 4.16. The largest absolute Gasteiger partial charge is 0.434 e. The number of aromatic nitrogens is 2. The van der Waals surface area contributed by atoms with Gasteiger partial charge in [-0.1, -0.05) is 18.2 Å². The lowest BCUT2D eigenvalue weighted by molar-refractivity contribution is -0.0522. The lowest BCUT2D eigenvalue weighted by atomic mass is 10.0. The molecule has 1 aromatic carbocycles. The Balaban J connectivity index is 1.89. The molecule has 0 bridgehead atoms. The molecule has 0 fully saturated rings. The van der Waals surface area contributed by atoms with Crippen molar-refractivity contribution in [1.82, 2.24) is 9.38 Å². The highest BCUT2D eigenvalue weighted by molar-refractivity contribution is 9.10. The molecule has 4 rings (SSSR count). The van der Waals surface area contributed by atoms with Crippen LogP contribution in [0.1, 0.15) is 23.1 Å². The van der Waals surface area contributed by atoms with E-state index < -0.39 is 18.5 Å². The molecule has 0 spiro atoms. The minimum atomic E-state index is -2.94. The van der Waals surface area contributed by atoms with Crippen LogP contribution in [0.25, 0.3) is 5.65 Å². The zero-order chi connectivity index (χ0) is 17.6. The minimum Gasteiger partial charge on any atom is -0.434 e. The van der Waals surface area contributed by atoms with Gasteiger partial charge in [0.15, 0.2) is 0 Å². The zero-order valence-corrected chi connectivity index (χ0v) is 14.3. The van der Waals surface area contributed by atoms with Gasteiger partial charge in [0.2, 0.25) is 0 Å². The molecule has 0 saturated heterocycles. The number of pyridine rings is 1. The molecule has 0 radical (unpaired) electrons. The summed E-state index contributed by atoms with van der Waals surface area (Å²) in [6.45, 7) is -2.55. The van der Waals surface area contributed by atoms with Crippen molar-refractivity contribution in [2.24, 2.45) is 0 Å². The van der Waals surface area contributed by atoms with E-state index in [-0.39, 0.29) is 10.2 Å². The van der Waals surface area contributed by atoms with E-state index in [1.807, 2.05) is 0 Å². The van der Waals surface area contributed by atoms with E-state index in [0.29, 0.717) is 29.9 Å². The highest BCUT2D eigenvalue weighted by Gasteiger charge is 2.30. The standard InChI is InChI=1S/C17H12BrF3N2O2/c18-10-8-23-14(7-11(10)19)22-12-5-6-24-16(15(12)23)9-3-1-2-4-13(9)25-17(20)21/h1-4,7-8,16-17H,5-6H2/t16-/m0/s1. The van der Waals surface area contributed by atoms with E-state index in [2.05, 4.69) is 25.7 Å². The number of fused-ring (bicyclic) bond motifs is 3. The van der Waals surface area contributed by atoms with E-state index in [9.17, 15) is 13.2 Å². The lowest BCUT2D eigenvalue weighted by Gasteiger charge is -2.25. The average Bonchev–Trinajstić information content (AvgIpc) is 2.93. The molecule has 130 valence electrons. The van der Waals surface area contributed by atoms with E-state index in [1.165, 1.54) is 12.1 Å². The van der Waals surface area contributed by atoms with Gasteiger partial charge in [-0.05, 0) is 22.0 Å². The molecule has 25 heavy (non-hydrogen) atoms. The average molecular weight is 413 g/mol. The van der Waals surface area contributed by atoms with Gasteiger partial charge in [-0.25, -0.2) is 9.37 Å². The minimum absolute atomic E-state index is 0.0477. The van der Waals surface area contributed by atoms with Crippen molar-refractivity contribution < 1.29 is 22.6 Å². The highest BCUT2D eigenvalue weighted by Crippen LogP contribution is 2.38. The van der Waals surface area contributed by atoms with Crippen molar-refractivity contribution >= 4 is 21.6 Å². The topological polar surface area (TPSA) is 35.8 Å². The second kappa shape index (κ2) is 6.34. The molecule has 0 amide bonds. The molecule has 1 atom stereocenters. The summed E-state index contributed by atoms with van der Waals surface area (Å²) >= 11 is 3.16. The van der Waals surface area contributed by atoms with Gasteiger partial charge in [-0.2, -0.15) is 8.78 Å². The highest BCUT2D eigenvalue weighted by atomic mass is 79.9. The van der Waals surface area contributed by atoms with Crippen molar-refractivity contribution in [2.45, 2.75) is 19.1 Å². The maximum Gasteiger partial charge on any atom is 0.387 e. The van der Waals surface area contributed by atoms with Crippen molar-refractivity contribution in [2.75, 3.05) is 6.61 Å². The first-order valence-corrected chi connectivity index (χ1v) is 8.35. The number of hydrogen-bond acceptors (Lipinski definition) is 3. The van der Waals surface area contributed by atoms with Gasteiger partial charge in [-0.15, -0.1) is 0 Å². The number of imidazole rings is 1. The molecule has 0 N–H and O–H groups in total. The third-order valence-corrected chi connectivity index (χ3v) is 4.65. The first-order valence-electron chi connectivity index (χ1n) is 7.56. The van der Waals surface area contributed by atoms with Gasteiger partial charge < -0.3 is 9.47 Å². The Morgan fingerprint density at radius 1 is 1.32 bits per heavy atom. The number of hydrogen-bond donors (Lipinski definition) is 0. The van der Waals surface area contributed by atoms with Crippen LogP contribution in [0.15, 0.2) is 41.0 Å². The predicted octanol–water partition coefficient (Wildman–Crippen LogP) is 4.50. The molecule has 1 aliphatic heterocycles. The Hall–Kier alpha value is -2.06. The van der Waals surface area contributed by atoms with Gasteiger partial charge in [0.25, 0.3) is 0 Å². The summed E-state index contributed by atoms with van der Waals surface area (Å²) in [6.07, 6.45) is 1.49. The number of benzene rings is 1. The molecule has 2 aromatic heterocycles. The fourth-order valence-electron chi connectivity index (χ4n) is 3.06. The molecule has 1 aliphatic rings. The first kappa shape index (κ1) is 16.4. The summed E-state index contributed by atoms with van der Waals surface area (Å²) in [4.78, 5) is 4.45. The number of nitrogens with zero attached hydrogens (tertiary/aromatic N) is 2. The molecule has 3 heterocycles. The molecule has 0 saturated carbocycles. The number of rotatable bonds is 3. The third kappa shape index (κ3) is 2.89. The van der Waals surface area contributed by atoms with Gasteiger partial charge in [0, 0.05) is 24.2 Å². The van der Waals surface area contributed by atoms with Crippen LogP contribution in [0.4, 0.5) is 13.2 Å². The van der Waals surface area contributed by atoms with Crippen LogP contribution in [0.2, 0.25) is 0 Å². The molecule has 8 heteroatoms. The predicted molar refractivity (Wildman–Crippen MR) is 87.4 cm³/mol. The second-order valence-electron chi connectivity index (χ2n) is 5.56. The summed E-state index contributed by atoms with van der Waals surface area (Å²) < 4.78 is 51.7. The van der Waals surface area contributed by atoms with Crippen LogP contribution in [0.3, 0.4) is 0 Å². The van der Waals surface area contributed by atoms with Crippen LogP contribution < -0.4 is 4.74 Å². The fraction of sp³-hybridized carbons (Fsp3) is 0.235. The van der Waals surface area contributed by atoms with Crippen molar-refractivity contribution in [3.8, 4) is 5.75 Å². The molecule has 4 nitrogen and oxygen atoms in total. The Morgan fingerprint density at radius 2 is 2.12 bits per heavy atom. The van der Waals surface area contributed by atoms with Crippen LogP contribution >= 0.6 is 15.9 Å². The van der Waals surface area contributed by atoms with Crippen LogP contribution in [-0.4, -0.2) is 22.6 Å². The van der Waals surface area contributed by atoms with Crippen LogP contribution in [0.5, 0.6) is 5.75 Å². The lowest BCUT2D eigenvalue weighted by Crippen LogP contribution is -2.20. The van der Waals surface area contributed by atoms with Crippen molar-refractivity contribution in [3.05, 3.63) is 63.8 Å². The summed E-state index contributed by atoms with van der Waals surface area (Å²) in [5.41, 5.74) is 2.35. The maximum absolute atomic E-state index is 13.8. The number of alkyl halides is 2. The van der Waals surface area contributed by atoms with Gasteiger partial charge in [0.1, 0.15) is 23.3 Å². The first-order chi connectivity index (χ1) is 12.0. The van der Waals surface area contributed by atoms with E-state index in [1.54, 1.807) is 28.8 Å². The van der Waals surface area contributed by atoms with E-state index in [0.717, 1.165) is 5.69 Å². The van der Waals surface area contributed by atoms with Crippen molar-refractivity contribution in [3.63, 3.8) is 0 Å². The molecular formula is C17H12BrF3N2O2. The molecule has 3 aromatic rings. The maximum atomic E-state index is 13.8. The Labute approximate surface area is 149 Å². The molecule has 0 aliphatic carbocycles. The number of ether oxygens (including phenoxy) is 2. The van der Waals surface area contributed by atoms with Gasteiger partial charge in [-0.3, -0.25) is 4.40 Å². The van der Waals surface area contributed by atoms with Crippen molar-refractivity contribution in [1.29, 1.82) is 0 Å². The zero-order valence-electron chi connectivity index (χ0n) is 12.8. The van der Waals surface area contributed by atoms with Crippen LogP contribution in [0, 0.1) is 5.82 Å². The monoisotopic (exact) mass is 412 g/mol. The molecule has 0 unspecified atom stereocenters. The second-order valence-corrected chi connectivity index (χ2v) is 6.41. The summed E-state index contributed by atoms with van der Waals surface area (Å²) in [5.74, 6) is -0.375. The summed E-state index contributed by atoms with van der Waals surface area (Å²) in [5, 5.41) is 0. The van der Waals surface area contributed by atoms with Gasteiger partial charge >= 0.3 is 6.61 Å². The number of halogens is 4. The number of para-hydroxylation sites is 1. The SMILES string of the molecule is Fc1cc2nc3c(n2cc1Br)[C@H](c1ccccc1OC(F)F)OCC3. The van der Waals surface area contributed by atoms with Crippen LogP contribution in [-0.2, 0) is 11.2 Å². The Morgan fingerprint density at radius 3 is 2.92 bits per heavy atom. The molecular weight excluding hydrogens is 401 g/mol. The third-order valence-electron chi connectivity index (χ3n) is 4.07. The normalized spacial score (nSPS) is 17.1. The van der Waals surface area contributed by atoms with E-state index >= 15 is 0 Å². The van der Waals surface area contributed by atoms with E-state index in [4.69, 9.17) is 4.74 Å². The summed E-state index contributed by atoms with van der Waals surface area (Å²) in [6, 6.07) is 7.81. The van der Waals surface area contributed by atoms with Gasteiger partial charge in [0.05, 0.1) is 22.5 Å². The Bertz CT molecular complexity index is 945. The smallest absolute Gasteiger partial charge is 0.387 e. The summed E-state index contributed by atoms with van der Waals surface area (Å²) in [7, 11) is 0. The quantitative estimate of drug-likeness (QED) is 0.635.